The molecule has 0 bridgehead atoms. The van der Waals surface area contributed by atoms with Crippen molar-refractivity contribution in [2.45, 2.75) is 19.9 Å². The minimum atomic E-state index is 0.111. The number of fused-ring (bicyclic) bond motifs is 1. The standard InChI is InChI=1S/C13H15N/c1-9-12(10(2)14)8-7-11-5-3-4-6-13(9)11/h3-8,10H,14H2,1-2H3/t10-/m1/s1. The fraction of sp³-hybridized carbons (Fsp3) is 0.231. The second-order valence-electron chi connectivity index (χ2n) is 3.79. The Morgan fingerprint density at radius 3 is 2.50 bits per heavy atom. The lowest BCUT2D eigenvalue weighted by molar-refractivity contribution is 0.812. The summed E-state index contributed by atoms with van der Waals surface area (Å²) in [6.45, 7) is 4.16. The van der Waals surface area contributed by atoms with E-state index in [1.807, 2.05) is 6.92 Å². The largest absolute Gasteiger partial charge is 0.324 e. The molecule has 1 heteroatoms. The van der Waals surface area contributed by atoms with Crippen molar-refractivity contribution in [3.63, 3.8) is 0 Å². The summed E-state index contributed by atoms with van der Waals surface area (Å²) < 4.78 is 0. The molecule has 14 heavy (non-hydrogen) atoms. The molecule has 0 saturated heterocycles. The summed E-state index contributed by atoms with van der Waals surface area (Å²) >= 11 is 0. The molecule has 0 aliphatic rings. The van der Waals surface area contributed by atoms with E-state index in [9.17, 15) is 0 Å². The summed E-state index contributed by atoms with van der Waals surface area (Å²) in [6.07, 6.45) is 0. The Morgan fingerprint density at radius 2 is 1.79 bits per heavy atom. The van der Waals surface area contributed by atoms with Gasteiger partial charge < -0.3 is 5.73 Å². The third kappa shape index (κ3) is 1.40. The molecule has 1 nitrogen and oxygen atoms in total. The highest BCUT2D eigenvalue weighted by Crippen LogP contribution is 2.24. The lowest BCUT2D eigenvalue weighted by Gasteiger charge is -2.12. The van der Waals surface area contributed by atoms with Crippen LogP contribution in [0.5, 0.6) is 0 Å². The van der Waals surface area contributed by atoms with E-state index in [0.717, 1.165) is 0 Å². The van der Waals surface area contributed by atoms with Crippen molar-refractivity contribution in [1.29, 1.82) is 0 Å². The van der Waals surface area contributed by atoms with Gasteiger partial charge in [0.25, 0.3) is 0 Å². The zero-order chi connectivity index (χ0) is 10.1. The summed E-state index contributed by atoms with van der Waals surface area (Å²) in [5, 5.41) is 2.59. The second kappa shape index (κ2) is 3.43. The molecule has 0 unspecified atom stereocenters. The van der Waals surface area contributed by atoms with E-state index in [1.165, 1.54) is 21.9 Å². The molecule has 0 radical (unpaired) electrons. The van der Waals surface area contributed by atoms with Crippen molar-refractivity contribution in [2.75, 3.05) is 0 Å². The van der Waals surface area contributed by atoms with Gasteiger partial charge in [-0.2, -0.15) is 0 Å². The predicted molar refractivity (Wildman–Crippen MR) is 61.3 cm³/mol. The fourth-order valence-electron chi connectivity index (χ4n) is 1.94. The SMILES string of the molecule is Cc1c([C@@H](C)N)ccc2ccccc12. The second-order valence-corrected chi connectivity index (χ2v) is 3.79. The van der Waals surface area contributed by atoms with Gasteiger partial charge in [0, 0.05) is 6.04 Å². The summed E-state index contributed by atoms with van der Waals surface area (Å²) in [5.41, 5.74) is 8.45. The van der Waals surface area contributed by atoms with E-state index in [-0.39, 0.29) is 6.04 Å². The summed E-state index contributed by atoms with van der Waals surface area (Å²) in [6, 6.07) is 12.8. The molecule has 72 valence electrons. The van der Waals surface area contributed by atoms with Crippen LogP contribution in [0.15, 0.2) is 36.4 Å². The van der Waals surface area contributed by atoms with Crippen LogP contribution in [-0.4, -0.2) is 0 Å². The van der Waals surface area contributed by atoms with E-state index in [2.05, 4.69) is 43.3 Å². The van der Waals surface area contributed by atoms with E-state index >= 15 is 0 Å². The zero-order valence-corrected chi connectivity index (χ0v) is 8.62. The van der Waals surface area contributed by atoms with Gasteiger partial charge in [-0.05, 0) is 35.7 Å². The van der Waals surface area contributed by atoms with Crippen LogP contribution in [0.3, 0.4) is 0 Å². The van der Waals surface area contributed by atoms with Crippen LogP contribution in [0, 0.1) is 6.92 Å². The Bertz CT molecular complexity index is 458. The maximum atomic E-state index is 5.91. The van der Waals surface area contributed by atoms with Crippen molar-refractivity contribution in [3.8, 4) is 0 Å². The maximum Gasteiger partial charge on any atom is 0.0268 e. The molecule has 0 spiro atoms. The number of nitrogens with two attached hydrogens (primary N) is 1. The molecular weight excluding hydrogens is 170 g/mol. The van der Waals surface area contributed by atoms with Crippen molar-refractivity contribution in [3.05, 3.63) is 47.5 Å². The summed E-state index contributed by atoms with van der Waals surface area (Å²) in [5.74, 6) is 0. The molecule has 0 saturated carbocycles. The van der Waals surface area contributed by atoms with Crippen LogP contribution >= 0.6 is 0 Å². The number of aryl methyl sites for hydroxylation is 1. The highest BCUT2D eigenvalue weighted by molar-refractivity contribution is 5.86. The minimum Gasteiger partial charge on any atom is -0.324 e. The first-order valence-corrected chi connectivity index (χ1v) is 4.94. The van der Waals surface area contributed by atoms with E-state index in [4.69, 9.17) is 5.73 Å². The summed E-state index contributed by atoms with van der Waals surface area (Å²) in [4.78, 5) is 0. The molecule has 0 aromatic heterocycles. The molecular formula is C13H15N. The van der Waals surface area contributed by atoms with Gasteiger partial charge in [0.15, 0.2) is 0 Å². The van der Waals surface area contributed by atoms with Crippen LogP contribution < -0.4 is 5.73 Å². The molecule has 1 atom stereocenters. The first-order valence-electron chi connectivity index (χ1n) is 4.94. The van der Waals surface area contributed by atoms with Crippen molar-refractivity contribution in [1.82, 2.24) is 0 Å². The maximum absolute atomic E-state index is 5.91. The van der Waals surface area contributed by atoms with Gasteiger partial charge in [0.2, 0.25) is 0 Å². The smallest absolute Gasteiger partial charge is 0.0268 e. The van der Waals surface area contributed by atoms with Crippen LogP contribution in [0.2, 0.25) is 0 Å². The Hall–Kier alpha value is -1.34. The lowest BCUT2D eigenvalue weighted by atomic mass is 9.97. The number of hydrogen-bond acceptors (Lipinski definition) is 1. The molecule has 0 aliphatic carbocycles. The van der Waals surface area contributed by atoms with Gasteiger partial charge in [-0.15, -0.1) is 0 Å². The Kier molecular flexibility index (Phi) is 2.26. The molecule has 0 heterocycles. The molecule has 2 rings (SSSR count). The molecule has 2 N–H and O–H groups in total. The zero-order valence-electron chi connectivity index (χ0n) is 8.62. The van der Waals surface area contributed by atoms with Gasteiger partial charge in [-0.1, -0.05) is 36.4 Å². The van der Waals surface area contributed by atoms with E-state index in [1.54, 1.807) is 0 Å². The predicted octanol–water partition coefficient (Wildman–Crippen LogP) is 3.17. The first-order chi connectivity index (χ1) is 6.70. The minimum absolute atomic E-state index is 0.111. The number of hydrogen-bond donors (Lipinski definition) is 1. The average molecular weight is 185 g/mol. The Morgan fingerprint density at radius 1 is 1.07 bits per heavy atom. The molecule has 0 fully saturated rings. The highest BCUT2D eigenvalue weighted by atomic mass is 14.6. The van der Waals surface area contributed by atoms with Crippen LogP contribution in [0.4, 0.5) is 0 Å². The van der Waals surface area contributed by atoms with Crippen molar-refractivity contribution in [2.24, 2.45) is 5.73 Å². The molecule has 0 aliphatic heterocycles. The van der Waals surface area contributed by atoms with Crippen LogP contribution in [0.1, 0.15) is 24.1 Å². The highest BCUT2D eigenvalue weighted by Gasteiger charge is 2.05. The third-order valence-electron chi connectivity index (χ3n) is 2.73. The number of benzene rings is 2. The van der Waals surface area contributed by atoms with Gasteiger partial charge in [-0.3, -0.25) is 0 Å². The Balaban J connectivity index is 2.75. The average Bonchev–Trinajstić information content (AvgIpc) is 2.18. The number of rotatable bonds is 1. The quantitative estimate of drug-likeness (QED) is 0.725. The van der Waals surface area contributed by atoms with E-state index in [0.29, 0.717) is 0 Å². The fourth-order valence-corrected chi connectivity index (χ4v) is 1.94. The monoisotopic (exact) mass is 185 g/mol. The van der Waals surface area contributed by atoms with Gasteiger partial charge in [-0.25, -0.2) is 0 Å². The topological polar surface area (TPSA) is 26.0 Å². The van der Waals surface area contributed by atoms with E-state index < -0.39 is 0 Å². The summed E-state index contributed by atoms with van der Waals surface area (Å²) in [7, 11) is 0. The lowest BCUT2D eigenvalue weighted by Crippen LogP contribution is -2.06. The molecule has 0 amide bonds. The van der Waals surface area contributed by atoms with Gasteiger partial charge >= 0.3 is 0 Å². The normalized spacial score (nSPS) is 13.1. The van der Waals surface area contributed by atoms with Crippen molar-refractivity contribution < 1.29 is 0 Å². The van der Waals surface area contributed by atoms with Gasteiger partial charge in [0.1, 0.15) is 0 Å². The van der Waals surface area contributed by atoms with Crippen LogP contribution in [-0.2, 0) is 0 Å². The first kappa shape index (κ1) is 9.22. The van der Waals surface area contributed by atoms with Crippen LogP contribution in [0.25, 0.3) is 10.8 Å². The molecule has 2 aromatic carbocycles. The molecule has 2 aromatic rings. The third-order valence-corrected chi connectivity index (χ3v) is 2.73. The Labute approximate surface area is 84.5 Å². The van der Waals surface area contributed by atoms with Crippen molar-refractivity contribution >= 4 is 10.8 Å². The van der Waals surface area contributed by atoms with Gasteiger partial charge in [0.05, 0.1) is 0 Å².